The molecule has 0 aliphatic heterocycles. The number of aromatic amines is 2. The van der Waals surface area contributed by atoms with Crippen molar-refractivity contribution < 1.29 is 24.3 Å². The number of carbonyl (C=O) groups excluding carboxylic acids is 3. The molecule has 0 bridgehead atoms. The van der Waals surface area contributed by atoms with Crippen LogP contribution in [0.1, 0.15) is 32.0 Å². The van der Waals surface area contributed by atoms with Gasteiger partial charge in [0.05, 0.1) is 12.4 Å². The Morgan fingerprint density at radius 2 is 1.70 bits per heavy atom. The lowest BCUT2D eigenvalue weighted by Gasteiger charge is -2.24. The minimum Gasteiger partial charge on any atom is -0.480 e. The van der Waals surface area contributed by atoms with Crippen molar-refractivity contribution in [2.45, 2.75) is 57.8 Å². The second kappa shape index (κ2) is 12.2. The molecule has 12 nitrogen and oxygen atoms in total. The van der Waals surface area contributed by atoms with E-state index >= 15 is 0 Å². The lowest BCUT2D eigenvalue weighted by molar-refractivity contribution is -0.143. The Labute approximate surface area is 213 Å². The van der Waals surface area contributed by atoms with E-state index in [0.717, 1.165) is 16.5 Å². The van der Waals surface area contributed by atoms with Gasteiger partial charge in [0.15, 0.2) is 0 Å². The first kappa shape index (κ1) is 27.4. The Bertz CT molecular complexity index is 1240. The number of aliphatic carboxylic acids is 1. The predicted molar refractivity (Wildman–Crippen MR) is 136 cm³/mol. The third kappa shape index (κ3) is 7.17. The summed E-state index contributed by atoms with van der Waals surface area (Å²) in [5, 5.41) is 18.0. The standard InChI is InChI=1S/C25H33N7O5/c1-13(2)21(25(36)37)32-22(33)14(3)30-24(35)20(8-15-10-28-19-7-5-4-6-17(15)19)31-23(34)18(26)9-16-11-27-12-29-16/h4-7,10-14,18,20-21,28H,8-9,26H2,1-3H3,(H,27,29)(H,30,35)(H,31,34)(H,32,33)(H,36,37). The fraction of sp³-hybridized carbons (Fsp3) is 0.400. The molecule has 12 heteroatoms. The molecule has 0 radical (unpaired) electrons. The average molecular weight is 512 g/mol. The van der Waals surface area contributed by atoms with Crippen LogP contribution >= 0.6 is 0 Å². The summed E-state index contributed by atoms with van der Waals surface area (Å²) in [6.07, 6.45) is 5.13. The van der Waals surface area contributed by atoms with Crippen LogP contribution in [0.2, 0.25) is 0 Å². The Morgan fingerprint density at radius 1 is 0.973 bits per heavy atom. The van der Waals surface area contributed by atoms with Crippen LogP contribution in [0, 0.1) is 5.92 Å². The largest absolute Gasteiger partial charge is 0.480 e. The highest BCUT2D eigenvalue weighted by atomic mass is 16.4. The van der Waals surface area contributed by atoms with E-state index < -0.39 is 47.9 Å². The number of amides is 3. The molecular weight excluding hydrogens is 478 g/mol. The van der Waals surface area contributed by atoms with Crippen molar-refractivity contribution in [2.24, 2.45) is 11.7 Å². The van der Waals surface area contributed by atoms with Crippen LogP contribution in [0.4, 0.5) is 0 Å². The number of imidazole rings is 1. The van der Waals surface area contributed by atoms with E-state index in [9.17, 15) is 24.3 Å². The van der Waals surface area contributed by atoms with Crippen LogP contribution in [0.25, 0.3) is 10.9 Å². The van der Waals surface area contributed by atoms with Gasteiger partial charge in [-0.15, -0.1) is 0 Å². The normalized spacial score (nSPS) is 14.5. The summed E-state index contributed by atoms with van der Waals surface area (Å²) >= 11 is 0. The lowest BCUT2D eigenvalue weighted by atomic mass is 10.0. The monoisotopic (exact) mass is 511 g/mol. The first-order valence-corrected chi connectivity index (χ1v) is 12.0. The molecular formula is C25H33N7O5. The number of nitrogens with zero attached hydrogens (tertiary/aromatic N) is 1. The first-order valence-electron chi connectivity index (χ1n) is 12.0. The summed E-state index contributed by atoms with van der Waals surface area (Å²) in [5.41, 5.74) is 8.40. The Kier molecular flexibility index (Phi) is 9.01. The van der Waals surface area contributed by atoms with Crippen molar-refractivity contribution >= 4 is 34.6 Å². The van der Waals surface area contributed by atoms with Crippen LogP contribution in [0.5, 0.6) is 0 Å². The van der Waals surface area contributed by atoms with Crippen molar-refractivity contribution in [3.63, 3.8) is 0 Å². The van der Waals surface area contributed by atoms with Crippen molar-refractivity contribution in [2.75, 3.05) is 0 Å². The summed E-state index contributed by atoms with van der Waals surface area (Å²) < 4.78 is 0. The molecule has 8 N–H and O–H groups in total. The van der Waals surface area contributed by atoms with Crippen LogP contribution in [0.3, 0.4) is 0 Å². The number of hydrogen-bond donors (Lipinski definition) is 7. The smallest absolute Gasteiger partial charge is 0.326 e. The average Bonchev–Trinajstić information content (AvgIpc) is 3.51. The zero-order chi connectivity index (χ0) is 27.1. The number of rotatable bonds is 12. The van der Waals surface area contributed by atoms with Crippen LogP contribution < -0.4 is 21.7 Å². The number of benzene rings is 1. The summed E-state index contributed by atoms with van der Waals surface area (Å²) in [7, 11) is 0. The van der Waals surface area contributed by atoms with E-state index in [0.29, 0.717) is 5.69 Å². The summed E-state index contributed by atoms with van der Waals surface area (Å²) in [6, 6.07) is 3.40. The fourth-order valence-corrected chi connectivity index (χ4v) is 3.91. The number of nitrogens with one attached hydrogen (secondary N) is 5. The molecule has 0 saturated heterocycles. The maximum Gasteiger partial charge on any atom is 0.326 e. The minimum atomic E-state index is -1.17. The number of carboxylic acids is 1. The zero-order valence-electron chi connectivity index (χ0n) is 20.9. The topological polar surface area (TPSA) is 195 Å². The summed E-state index contributed by atoms with van der Waals surface area (Å²) in [6.45, 7) is 4.78. The van der Waals surface area contributed by atoms with Gasteiger partial charge in [0.2, 0.25) is 17.7 Å². The van der Waals surface area contributed by atoms with Crippen molar-refractivity contribution in [1.29, 1.82) is 0 Å². The highest BCUT2D eigenvalue weighted by Crippen LogP contribution is 2.19. The molecule has 0 fully saturated rings. The molecule has 1 aromatic carbocycles. The molecule has 0 saturated carbocycles. The van der Waals surface area contributed by atoms with Gasteiger partial charge < -0.3 is 36.8 Å². The molecule has 0 aliphatic rings. The predicted octanol–water partition coefficient (Wildman–Crippen LogP) is 0.218. The highest BCUT2D eigenvalue weighted by molar-refractivity contribution is 5.94. The Balaban J connectivity index is 1.75. The van der Waals surface area contributed by atoms with Crippen LogP contribution in [-0.4, -0.2) is 67.9 Å². The quantitative estimate of drug-likeness (QED) is 0.180. The number of fused-ring (bicyclic) bond motifs is 1. The maximum absolute atomic E-state index is 13.3. The molecule has 2 aromatic heterocycles. The van der Waals surface area contributed by atoms with Gasteiger partial charge >= 0.3 is 5.97 Å². The number of carboxylic acid groups (broad SMARTS) is 1. The highest BCUT2D eigenvalue weighted by Gasteiger charge is 2.30. The zero-order valence-corrected chi connectivity index (χ0v) is 20.9. The maximum atomic E-state index is 13.3. The number of aromatic nitrogens is 3. The van der Waals surface area contributed by atoms with Gasteiger partial charge in [-0.2, -0.15) is 0 Å². The number of para-hydroxylation sites is 1. The summed E-state index contributed by atoms with van der Waals surface area (Å²) in [5.74, 6) is -3.32. The van der Waals surface area contributed by atoms with E-state index in [-0.39, 0.29) is 18.8 Å². The molecule has 4 atom stereocenters. The van der Waals surface area contributed by atoms with Gasteiger partial charge in [-0.25, -0.2) is 9.78 Å². The molecule has 3 aromatic rings. The van der Waals surface area contributed by atoms with E-state index in [1.54, 1.807) is 26.2 Å². The second-order valence-electron chi connectivity index (χ2n) is 9.31. The first-order chi connectivity index (χ1) is 17.6. The van der Waals surface area contributed by atoms with Gasteiger partial charge in [0, 0.05) is 41.8 Å². The van der Waals surface area contributed by atoms with Gasteiger partial charge in [0.1, 0.15) is 18.1 Å². The number of nitrogens with two attached hydrogens (primary N) is 1. The Hall–Kier alpha value is -4.19. The molecule has 0 aliphatic carbocycles. The molecule has 2 heterocycles. The summed E-state index contributed by atoms with van der Waals surface area (Å²) in [4.78, 5) is 60.1. The lowest BCUT2D eigenvalue weighted by Crippen LogP contribution is -2.57. The molecule has 4 unspecified atom stereocenters. The number of carbonyl (C=O) groups is 4. The second-order valence-corrected chi connectivity index (χ2v) is 9.31. The van der Waals surface area contributed by atoms with Gasteiger partial charge in [0.25, 0.3) is 0 Å². The molecule has 3 amide bonds. The molecule has 0 spiro atoms. The number of hydrogen-bond acceptors (Lipinski definition) is 6. The van der Waals surface area contributed by atoms with Gasteiger partial charge in [-0.1, -0.05) is 32.0 Å². The van der Waals surface area contributed by atoms with E-state index in [1.807, 2.05) is 24.3 Å². The van der Waals surface area contributed by atoms with Crippen LogP contribution in [-0.2, 0) is 32.0 Å². The molecule has 3 rings (SSSR count). The fourth-order valence-electron chi connectivity index (χ4n) is 3.91. The SMILES string of the molecule is CC(NC(=O)C(Cc1c[nH]c2ccccc12)NC(=O)C(N)Cc1cnc[nH]1)C(=O)NC(C(=O)O)C(C)C. The minimum absolute atomic E-state index is 0.135. The van der Waals surface area contributed by atoms with E-state index in [4.69, 9.17) is 5.73 Å². The third-order valence-corrected chi connectivity index (χ3v) is 6.05. The van der Waals surface area contributed by atoms with Crippen molar-refractivity contribution in [3.05, 3.63) is 54.2 Å². The molecule has 198 valence electrons. The van der Waals surface area contributed by atoms with Crippen LogP contribution in [0.15, 0.2) is 43.0 Å². The van der Waals surface area contributed by atoms with E-state index in [2.05, 4.69) is 30.9 Å². The Morgan fingerprint density at radius 3 is 2.35 bits per heavy atom. The van der Waals surface area contributed by atoms with Crippen molar-refractivity contribution in [1.82, 2.24) is 30.9 Å². The van der Waals surface area contributed by atoms with Gasteiger partial charge in [-0.3, -0.25) is 14.4 Å². The van der Waals surface area contributed by atoms with E-state index in [1.165, 1.54) is 13.3 Å². The van der Waals surface area contributed by atoms with Gasteiger partial charge in [-0.05, 0) is 24.5 Å². The number of H-pyrrole nitrogens is 2. The third-order valence-electron chi connectivity index (χ3n) is 6.05. The van der Waals surface area contributed by atoms with Crippen molar-refractivity contribution in [3.8, 4) is 0 Å². The molecule has 37 heavy (non-hydrogen) atoms.